The maximum absolute atomic E-state index is 14.0. The highest BCUT2D eigenvalue weighted by Crippen LogP contribution is 2.37. The molecule has 0 aliphatic carbocycles. The second-order valence-corrected chi connectivity index (χ2v) is 11.2. The Balaban J connectivity index is 1.83. The van der Waals surface area contributed by atoms with Crippen molar-refractivity contribution in [1.29, 1.82) is 0 Å². The minimum atomic E-state index is -0.730. The van der Waals surface area contributed by atoms with Crippen LogP contribution in [0, 0.1) is 13.8 Å². The first kappa shape index (κ1) is 28.8. The van der Waals surface area contributed by atoms with Gasteiger partial charge < -0.3 is 19.5 Å². The van der Waals surface area contributed by atoms with Crippen LogP contribution in [-0.4, -0.2) is 42.1 Å². The van der Waals surface area contributed by atoms with Crippen LogP contribution in [0.5, 0.6) is 5.75 Å². The van der Waals surface area contributed by atoms with Gasteiger partial charge in [-0.1, -0.05) is 18.2 Å². The Morgan fingerprint density at radius 1 is 0.925 bits per heavy atom. The molecule has 0 aliphatic heterocycles. The second kappa shape index (κ2) is 11.5. The molecule has 4 rings (SSSR count). The number of methoxy groups -OCH3 is 1. The van der Waals surface area contributed by atoms with Crippen molar-refractivity contribution in [3.8, 4) is 17.0 Å². The normalized spacial score (nSPS) is 11.3. The summed E-state index contributed by atoms with van der Waals surface area (Å²) < 4.78 is 16.1. The number of amides is 1. The van der Waals surface area contributed by atoms with Crippen LogP contribution < -0.4 is 10.1 Å². The number of hydrogen-bond donors (Lipinski definition) is 1. The van der Waals surface area contributed by atoms with Gasteiger partial charge in [0.2, 0.25) is 0 Å². The quantitative estimate of drug-likeness (QED) is 0.243. The Morgan fingerprint density at radius 2 is 1.60 bits per heavy atom. The Labute approximate surface area is 237 Å². The predicted molar refractivity (Wildman–Crippen MR) is 157 cm³/mol. The van der Waals surface area contributed by atoms with Crippen LogP contribution in [0.3, 0.4) is 0 Å². The van der Waals surface area contributed by atoms with Gasteiger partial charge in [0.25, 0.3) is 5.91 Å². The first-order valence-corrected chi connectivity index (χ1v) is 13.7. The minimum absolute atomic E-state index is 0.132. The number of para-hydroxylation sites is 1. The molecule has 0 saturated carbocycles. The lowest BCUT2D eigenvalue weighted by Crippen LogP contribution is -2.23. The van der Waals surface area contributed by atoms with Crippen LogP contribution in [0.15, 0.2) is 48.5 Å². The molecule has 2 aromatic carbocycles. The van der Waals surface area contributed by atoms with Crippen LogP contribution in [0.2, 0.25) is 0 Å². The highest BCUT2D eigenvalue weighted by atomic mass is 32.1. The average Bonchev–Trinajstić information content (AvgIpc) is 3.23. The third-order valence-electron chi connectivity index (χ3n) is 6.16. The SMILES string of the molecule is CCOC(=O)c1c(NC(=O)c2c(C)c(-c3ccc(OC)cc3)nc3ccccc23)sc(C(=O)OC(C)(C)C)c1C. The molecule has 1 amide bonds. The summed E-state index contributed by atoms with van der Waals surface area (Å²) in [4.78, 5) is 45.0. The first-order chi connectivity index (χ1) is 18.9. The number of esters is 2. The van der Waals surface area contributed by atoms with E-state index in [2.05, 4.69) is 5.32 Å². The van der Waals surface area contributed by atoms with Crippen LogP contribution >= 0.6 is 11.3 Å². The van der Waals surface area contributed by atoms with Crippen LogP contribution in [-0.2, 0) is 9.47 Å². The van der Waals surface area contributed by atoms with Gasteiger partial charge in [0.05, 0.1) is 36.1 Å². The predicted octanol–water partition coefficient (Wildman–Crippen LogP) is 6.97. The van der Waals surface area contributed by atoms with Crippen molar-refractivity contribution in [3.63, 3.8) is 0 Å². The summed E-state index contributed by atoms with van der Waals surface area (Å²) in [6.07, 6.45) is 0. The Bertz CT molecular complexity index is 1600. The summed E-state index contributed by atoms with van der Waals surface area (Å²) in [5.74, 6) is -0.932. The van der Waals surface area contributed by atoms with Crippen molar-refractivity contribution in [2.45, 2.75) is 47.1 Å². The number of benzene rings is 2. The molecule has 9 heteroatoms. The van der Waals surface area contributed by atoms with Crippen molar-refractivity contribution < 1.29 is 28.6 Å². The number of hydrogen-bond acceptors (Lipinski definition) is 8. The summed E-state index contributed by atoms with van der Waals surface area (Å²) in [6.45, 7) is 10.6. The Hall–Kier alpha value is -4.24. The van der Waals surface area contributed by atoms with E-state index in [1.165, 1.54) is 0 Å². The van der Waals surface area contributed by atoms with Crippen molar-refractivity contribution in [1.82, 2.24) is 4.98 Å². The summed E-state index contributed by atoms with van der Waals surface area (Å²) >= 11 is 0.991. The Morgan fingerprint density at radius 3 is 2.23 bits per heavy atom. The molecule has 0 fully saturated rings. The minimum Gasteiger partial charge on any atom is -0.497 e. The number of carbonyl (C=O) groups excluding carboxylic acids is 3. The van der Waals surface area contributed by atoms with Gasteiger partial charge in [0.1, 0.15) is 21.2 Å². The molecule has 1 N–H and O–H groups in total. The van der Waals surface area contributed by atoms with Crippen LogP contribution in [0.1, 0.15) is 69.2 Å². The molecule has 8 nitrogen and oxygen atoms in total. The molecule has 2 heterocycles. The maximum atomic E-state index is 14.0. The molecular formula is C31H32N2O6S. The Kier molecular flexibility index (Phi) is 8.25. The van der Waals surface area contributed by atoms with Crippen molar-refractivity contribution in [3.05, 3.63) is 75.7 Å². The molecule has 40 heavy (non-hydrogen) atoms. The highest BCUT2D eigenvalue weighted by Gasteiger charge is 2.30. The van der Waals surface area contributed by atoms with Crippen molar-refractivity contribution in [2.75, 3.05) is 19.0 Å². The number of ether oxygens (including phenoxy) is 3. The van der Waals surface area contributed by atoms with E-state index < -0.39 is 23.4 Å². The standard InChI is InChI=1S/C31H32N2O6S/c1-8-38-29(35)24-18(3)26(30(36)39-31(4,5)6)40-28(24)33-27(34)23-17(2)25(19-13-15-20(37-7)16-14-19)32-22-12-10-9-11-21(22)23/h9-16H,8H2,1-7H3,(H,33,34). The largest absolute Gasteiger partial charge is 0.497 e. The monoisotopic (exact) mass is 560 g/mol. The molecule has 2 aromatic heterocycles. The number of aromatic nitrogens is 1. The fraction of sp³-hybridized carbons (Fsp3) is 0.290. The lowest BCUT2D eigenvalue weighted by atomic mass is 9.97. The molecule has 4 aromatic rings. The summed E-state index contributed by atoms with van der Waals surface area (Å²) in [7, 11) is 1.60. The molecular weight excluding hydrogens is 528 g/mol. The van der Waals surface area contributed by atoms with Gasteiger partial charge in [-0.05, 0) is 83.0 Å². The fourth-order valence-electron chi connectivity index (χ4n) is 4.37. The first-order valence-electron chi connectivity index (χ1n) is 12.8. The van der Waals surface area contributed by atoms with Gasteiger partial charge in [-0.3, -0.25) is 4.79 Å². The second-order valence-electron chi connectivity index (χ2n) is 10.1. The molecule has 0 atom stereocenters. The van der Waals surface area contributed by atoms with Gasteiger partial charge in [0, 0.05) is 10.9 Å². The number of nitrogens with one attached hydrogen (secondary N) is 1. The zero-order chi connectivity index (χ0) is 29.2. The van der Waals surface area contributed by atoms with E-state index >= 15 is 0 Å². The summed E-state index contributed by atoms with van der Waals surface area (Å²) in [5, 5.41) is 3.77. The number of carbonyl (C=O) groups is 3. The topological polar surface area (TPSA) is 104 Å². The van der Waals surface area contributed by atoms with Gasteiger partial charge in [-0.2, -0.15) is 0 Å². The van der Waals surface area contributed by atoms with E-state index in [4.69, 9.17) is 19.2 Å². The van der Waals surface area contributed by atoms with Gasteiger partial charge in [-0.15, -0.1) is 11.3 Å². The van der Waals surface area contributed by atoms with Crippen molar-refractivity contribution >= 4 is 45.1 Å². The van der Waals surface area contributed by atoms with Gasteiger partial charge in [-0.25, -0.2) is 14.6 Å². The van der Waals surface area contributed by atoms with Crippen molar-refractivity contribution in [2.24, 2.45) is 0 Å². The molecule has 208 valence electrons. The molecule has 0 spiro atoms. The van der Waals surface area contributed by atoms with E-state index in [9.17, 15) is 14.4 Å². The van der Waals surface area contributed by atoms with E-state index in [1.54, 1.807) is 41.7 Å². The highest BCUT2D eigenvalue weighted by molar-refractivity contribution is 7.18. The lowest BCUT2D eigenvalue weighted by Gasteiger charge is -2.19. The molecule has 0 saturated heterocycles. The zero-order valence-electron chi connectivity index (χ0n) is 23.6. The maximum Gasteiger partial charge on any atom is 0.349 e. The average molecular weight is 561 g/mol. The van der Waals surface area contributed by atoms with Gasteiger partial charge >= 0.3 is 11.9 Å². The smallest absolute Gasteiger partial charge is 0.349 e. The number of rotatable bonds is 7. The summed E-state index contributed by atoms with van der Waals surface area (Å²) in [5.41, 5.74) is 2.99. The third-order valence-corrected chi connectivity index (χ3v) is 7.35. The van der Waals surface area contributed by atoms with Gasteiger partial charge in [0.15, 0.2) is 0 Å². The van der Waals surface area contributed by atoms with E-state index in [-0.39, 0.29) is 22.0 Å². The molecule has 0 radical (unpaired) electrons. The van der Waals surface area contributed by atoms with E-state index in [0.29, 0.717) is 39.0 Å². The molecule has 0 aliphatic rings. The zero-order valence-corrected chi connectivity index (χ0v) is 24.4. The van der Waals surface area contributed by atoms with E-state index in [0.717, 1.165) is 16.9 Å². The molecule has 0 unspecified atom stereocenters. The number of pyridine rings is 1. The number of anilines is 1. The molecule has 0 bridgehead atoms. The number of nitrogens with zero attached hydrogens (tertiary/aromatic N) is 1. The van der Waals surface area contributed by atoms with Crippen LogP contribution in [0.25, 0.3) is 22.2 Å². The summed E-state index contributed by atoms with van der Waals surface area (Å²) in [6, 6.07) is 14.8. The third kappa shape index (κ3) is 5.84. The number of fused-ring (bicyclic) bond motifs is 1. The lowest BCUT2D eigenvalue weighted by molar-refractivity contribution is 0.00743. The number of thiophene rings is 1. The van der Waals surface area contributed by atoms with E-state index in [1.807, 2.05) is 55.5 Å². The van der Waals surface area contributed by atoms with Crippen LogP contribution in [0.4, 0.5) is 5.00 Å². The fourth-order valence-corrected chi connectivity index (χ4v) is 5.43.